The molecule has 4 heterocycles. The second-order valence-corrected chi connectivity index (χ2v) is 9.22. The summed E-state index contributed by atoms with van der Waals surface area (Å²) in [5.74, 6) is 1.27. The smallest absolute Gasteiger partial charge is 0.317 e. The van der Waals surface area contributed by atoms with Gasteiger partial charge in [0, 0.05) is 60.8 Å². The highest BCUT2D eigenvalue weighted by atomic mass is 16.1. The lowest BCUT2D eigenvalue weighted by Crippen LogP contribution is -2.37. The van der Waals surface area contributed by atoms with Gasteiger partial charge >= 0.3 is 5.69 Å². The number of H-pyrrole nitrogens is 1. The number of rotatable bonds is 10. The second-order valence-electron chi connectivity index (χ2n) is 9.22. The minimum atomic E-state index is -0.443. The topological polar surface area (TPSA) is 112 Å². The molecule has 0 fully saturated rings. The molecule has 3 aromatic heterocycles. The van der Waals surface area contributed by atoms with E-state index in [-0.39, 0.29) is 5.69 Å². The quantitative estimate of drug-likeness (QED) is 0.368. The summed E-state index contributed by atoms with van der Waals surface area (Å²) in [6.07, 6.45) is 16.0. The van der Waals surface area contributed by atoms with Gasteiger partial charge < -0.3 is 4.57 Å². The molecule has 10 nitrogen and oxygen atoms in total. The molecule has 0 saturated heterocycles. The molecule has 0 saturated carbocycles. The monoisotopic (exact) mass is 485 g/mol. The van der Waals surface area contributed by atoms with Crippen LogP contribution in [0.25, 0.3) is 17.3 Å². The highest BCUT2D eigenvalue weighted by Crippen LogP contribution is 2.35. The van der Waals surface area contributed by atoms with Gasteiger partial charge in [-0.3, -0.25) is 9.56 Å². The van der Waals surface area contributed by atoms with Crippen molar-refractivity contribution in [2.75, 3.05) is 0 Å². The third kappa shape index (κ3) is 4.46. The molecule has 1 aromatic carbocycles. The van der Waals surface area contributed by atoms with Gasteiger partial charge in [0.2, 0.25) is 5.95 Å². The maximum absolute atomic E-state index is 13.9. The van der Waals surface area contributed by atoms with E-state index in [9.17, 15) is 4.79 Å². The van der Waals surface area contributed by atoms with Crippen molar-refractivity contribution in [3.05, 3.63) is 76.9 Å². The summed E-state index contributed by atoms with van der Waals surface area (Å²) in [6, 6.07) is 8.15. The molecule has 10 heteroatoms. The zero-order chi connectivity index (χ0) is 25.0. The summed E-state index contributed by atoms with van der Waals surface area (Å²) in [5, 5.41) is 14.3. The molecule has 0 amide bonds. The van der Waals surface area contributed by atoms with Crippen LogP contribution in [0.5, 0.6) is 0 Å². The van der Waals surface area contributed by atoms with E-state index >= 15 is 0 Å². The van der Waals surface area contributed by atoms with E-state index in [1.165, 1.54) is 0 Å². The molecular weight excluding hydrogens is 454 g/mol. The molecule has 4 aromatic rings. The average molecular weight is 486 g/mol. The molecule has 1 N–H and O–H groups in total. The molecule has 36 heavy (non-hydrogen) atoms. The first-order chi connectivity index (χ1) is 17.6. The van der Waals surface area contributed by atoms with Crippen LogP contribution >= 0.6 is 0 Å². The number of unbranched alkanes of at least 4 members (excludes halogenated alkanes) is 1. The van der Waals surface area contributed by atoms with Gasteiger partial charge in [-0.05, 0) is 41.3 Å². The molecule has 5 rings (SSSR count). The second kappa shape index (κ2) is 10.3. The first-order valence-electron chi connectivity index (χ1n) is 12.5. The number of hydrogen-bond acceptors (Lipinski definition) is 6. The fourth-order valence-electron chi connectivity index (χ4n) is 4.81. The minimum absolute atomic E-state index is 0.0757. The molecule has 186 valence electrons. The van der Waals surface area contributed by atoms with Gasteiger partial charge in [0.1, 0.15) is 0 Å². The Balaban J connectivity index is 1.58. The number of aryl methyl sites for hydroxylation is 2. The Labute approximate surface area is 209 Å². The molecule has 0 bridgehead atoms. The van der Waals surface area contributed by atoms with E-state index in [0.29, 0.717) is 24.7 Å². The molecular formula is C26H31N9O. The first kappa shape index (κ1) is 23.7. The zero-order valence-electron chi connectivity index (χ0n) is 20.7. The van der Waals surface area contributed by atoms with Crippen molar-refractivity contribution < 1.29 is 0 Å². The Morgan fingerprint density at radius 1 is 1.19 bits per heavy atom. The third-order valence-electron chi connectivity index (χ3n) is 6.77. The molecule has 1 unspecified atom stereocenters. The van der Waals surface area contributed by atoms with Gasteiger partial charge in [0.15, 0.2) is 5.82 Å². The fourth-order valence-corrected chi connectivity index (χ4v) is 4.81. The van der Waals surface area contributed by atoms with Crippen molar-refractivity contribution in [3.8, 4) is 17.3 Å². The van der Waals surface area contributed by atoms with Gasteiger partial charge in [-0.15, -0.1) is 5.10 Å². The van der Waals surface area contributed by atoms with Gasteiger partial charge in [-0.1, -0.05) is 51.0 Å². The summed E-state index contributed by atoms with van der Waals surface area (Å²) < 4.78 is 5.67. The van der Waals surface area contributed by atoms with E-state index in [0.717, 1.165) is 49.0 Å². The summed E-state index contributed by atoms with van der Waals surface area (Å²) in [5.41, 5.74) is 2.45. The van der Waals surface area contributed by atoms with Crippen molar-refractivity contribution in [2.45, 2.75) is 64.5 Å². The standard InChI is InChI=1S/C26H31N9O/c1-3-5-15-33-16-14-28-24(33)34-18-22(7-4-2)35(25(34)36)19-26(10-12-27-13-11-26)21-9-6-8-20(17-21)23-29-31-32-30-23/h6,8-10,12-14,16-18H,3-5,7,11,15,19H2,1-2H3,(H,29,30,31,32). The lowest BCUT2D eigenvalue weighted by Gasteiger charge is -2.32. The fraction of sp³-hybridized carbons (Fsp3) is 0.385. The lowest BCUT2D eigenvalue weighted by molar-refractivity contribution is 0.438. The highest BCUT2D eigenvalue weighted by Gasteiger charge is 2.33. The van der Waals surface area contributed by atoms with E-state index in [1.54, 1.807) is 10.8 Å². The largest absolute Gasteiger partial charge is 0.335 e. The number of tetrazole rings is 1. The number of nitrogens with zero attached hydrogens (tertiary/aromatic N) is 8. The van der Waals surface area contributed by atoms with Crippen molar-refractivity contribution in [1.29, 1.82) is 0 Å². The van der Waals surface area contributed by atoms with Gasteiger partial charge in [0.25, 0.3) is 0 Å². The number of aromatic nitrogens is 8. The predicted molar refractivity (Wildman–Crippen MR) is 138 cm³/mol. The van der Waals surface area contributed by atoms with Crippen molar-refractivity contribution in [2.24, 2.45) is 4.99 Å². The van der Waals surface area contributed by atoms with Gasteiger partial charge in [0.05, 0.1) is 0 Å². The summed E-state index contributed by atoms with van der Waals surface area (Å²) in [4.78, 5) is 22.7. The van der Waals surface area contributed by atoms with Crippen LogP contribution in [0.15, 0.2) is 64.9 Å². The van der Waals surface area contributed by atoms with Crippen LogP contribution in [0, 0.1) is 0 Å². The number of benzene rings is 1. The van der Waals surface area contributed by atoms with Gasteiger partial charge in [-0.2, -0.15) is 0 Å². The maximum Gasteiger partial charge on any atom is 0.335 e. The molecule has 0 spiro atoms. The van der Waals surface area contributed by atoms with Crippen molar-refractivity contribution in [3.63, 3.8) is 0 Å². The Kier molecular flexibility index (Phi) is 6.75. The molecule has 1 atom stereocenters. The van der Waals surface area contributed by atoms with Crippen LogP contribution in [-0.2, 0) is 24.9 Å². The van der Waals surface area contributed by atoms with E-state index in [1.807, 2.05) is 41.5 Å². The summed E-state index contributed by atoms with van der Waals surface area (Å²) >= 11 is 0. The average Bonchev–Trinajstić information content (AvgIpc) is 3.66. The molecule has 1 aliphatic rings. The van der Waals surface area contributed by atoms with Crippen LogP contribution in [-0.4, -0.2) is 45.5 Å². The normalized spacial score (nSPS) is 17.2. The Morgan fingerprint density at radius 3 is 2.86 bits per heavy atom. The highest BCUT2D eigenvalue weighted by molar-refractivity contribution is 5.65. The van der Waals surface area contributed by atoms with Crippen LogP contribution in [0.3, 0.4) is 0 Å². The summed E-state index contributed by atoms with van der Waals surface area (Å²) in [6.45, 7) is 5.61. The number of aromatic amines is 1. The zero-order valence-corrected chi connectivity index (χ0v) is 20.7. The minimum Gasteiger partial charge on any atom is -0.317 e. The van der Waals surface area contributed by atoms with Crippen molar-refractivity contribution >= 4 is 6.21 Å². The third-order valence-corrected chi connectivity index (χ3v) is 6.77. The number of allylic oxidation sites excluding steroid dienone is 1. The predicted octanol–water partition coefficient (Wildman–Crippen LogP) is 3.69. The number of aliphatic imine (C=N–C) groups is 1. The number of hydrogen-bond donors (Lipinski definition) is 1. The van der Waals surface area contributed by atoms with Gasteiger partial charge in [-0.25, -0.2) is 19.4 Å². The molecule has 0 aliphatic carbocycles. The van der Waals surface area contributed by atoms with Crippen LogP contribution in [0.1, 0.15) is 50.8 Å². The first-order valence-corrected chi connectivity index (χ1v) is 12.5. The molecule has 0 radical (unpaired) electrons. The maximum atomic E-state index is 13.9. The van der Waals surface area contributed by atoms with Crippen LogP contribution < -0.4 is 5.69 Å². The SMILES string of the molecule is CCCCn1ccnc1-n1cc(CCC)n(CC2(c3cccc(-c4nnn[nH]4)c3)C=CN=CC2)c1=O. The van der Waals surface area contributed by atoms with Crippen molar-refractivity contribution in [1.82, 2.24) is 39.3 Å². The van der Waals surface area contributed by atoms with Crippen LogP contribution in [0.2, 0.25) is 0 Å². The Morgan fingerprint density at radius 2 is 2.11 bits per heavy atom. The number of imidazole rings is 2. The van der Waals surface area contributed by atoms with Crippen LogP contribution in [0.4, 0.5) is 0 Å². The Bertz CT molecular complexity index is 1420. The molecule has 1 aliphatic heterocycles. The number of nitrogens with one attached hydrogen (secondary N) is 1. The van der Waals surface area contributed by atoms with E-state index in [4.69, 9.17) is 0 Å². The lowest BCUT2D eigenvalue weighted by atomic mass is 9.76. The summed E-state index contributed by atoms with van der Waals surface area (Å²) in [7, 11) is 0. The van der Waals surface area contributed by atoms with E-state index < -0.39 is 5.41 Å². The van der Waals surface area contributed by atoms with E-state index in [2.05, 4.69) is 67.2 Å². The Hall–Kier alpha value is -4.08.